The minimum Gasteiger partial charge on any atom is -0.444 e. The van der Waals surface area contributed by atoms with Crippen molar-refractivity contribution >= 4 is 27.7 Å². The van der Waals surface area contributed by atoms with Crippen LogP contribution in [-0.2, 0) is 10.9 Å². The molecule has 1 aromatic rings. The van der Waals surface area contributed by atoms with Gasteiger partial charge in [-0.3, -0.25) is 0 Å². The lowest BCUT2D eigenvalue weighted by Crippen LogP contribution is -2.50. The smallest absolute Gasteiger partial charge is 0.417 e. The van der Waals surface area contributed by atoms with Gasteiger partial charge < -0.3 is 14.5 Å². The molecule has 1 fully saturated rings. The molecule has 0 aromatic heterocycles. The number of carbonyl (C=O) groups is 1. The van der Waals surface area contributed by atoms with Crippen LogP contribution < -0.4 is 4.90 Å². The average Bonchev–Trinajstić information content (AvgIpc) is 2.51. The van der Waals surface area contributed by atoms with Gasteiger partial charge in [-0.2, -0.15) is 13.2 Å². The van der Waals surface area contributed by atoms with E-state index >= 15 is 0 Å². The topological polar surface area (TPSA) is 32.8 Å². The first-order valence-electron chi connectivity index (χ1n) is 10.7. The van der Waals surface area contributed by atoms with Crippen LogP contribution in [-0.4, -0.2) is 42.6 Å². The SMILES string of the molecule is [2H]C1([2H])N(C(=O)OC(C)(C)C)C([2H])([2H])C([2H])([2H])N(c2ccc(Br)c(C(F)(F)F)c2)C1([2H])[2H]. The Balaban J connectivity index is 2.77. The molecule has 0 N–H and O–H groups in total. The molecule has 1 saturated heterocycles. The first-order valence-corrected chi connectivity index (χ1v) is 7.49. The van der Waals surface area contributed by atoms with Crippen molar-refractivity contribution in [3.8, 4) is 0 Å². The molecule has 0 radical (unpaired) electrons. The Morgan fingerprint density at radius 2 is 1.79 bits per heavy atom. The highest BCUT2D eigenvalue weighted by Crippen LogP contribution is 2.37. The molecule has 8 heteroatoms. The molecule has 0 spiro atoms. The van der Waals surface area contributed by atoms with Crippen LogP contribution in [0.25, 0.3) is 0 Å². The summed E-state index contributed by atoms with van der Waals surface area (Å²) in [5, 5.41) is 0. The number of ether oxygens (including phenoxy) is 1. The highest BCUT2D eigenvalue weighted by molar-refractivity contribution is 9.10. The van der Waals surface area contributed by atoms with Gasteiger partial charge in [0.15, 0.2) is 0 Å². The third kappa shape index (κ3) is 4.78. The summed E-state index contributed by atoms with van der Waals surface area (Å²) in [4.78, 5) is 12.2. The second kappa shape index (κ2) is 6.82. The Kier molecular flexibility index (Phi) is 2.99. The quantitative estimate of drug-likeness (QED) is 0.674. The molecule has 1 aliphatic rings. The maximum Gasteiger partial charge on any atom is 0.417 e. The van der Waals surface area contributed by atoms with Crippen LogP contribution in [0.5, 0.6) is 0 Å². The molecule has 1 heterocycles. The lowest BCUT2D eigenvalue weighted by molar-refractivity contribution is -0.138. The number of hydrogen-bond donors (Lipinski definition) is 0. The van der Waals surface area contributed by atoms with Crippen molar-refractivity contribution in [3.63, 3.8) is 0 Å². The van der Waals surface area contributed by atoms with E-state index in [9.17, 15) is 18.0 Å². The predicted molar refractivity (Wildman–Crippen MR) is 89.2 cm³/mol. The van der Waals surface area contributed by atoms with Gasteiger partial charge in [0.05, 0.1) is 16.5 Å². The molecule has 24 heavy (non-hydrogen) atoms. The Morgan fingerprint density at radius 1 is 1.21 bits per heavy atom. The summed E-state index contributed by atoms with van der Waals surface area (Å²) < 4.78 is 110. The lowest BCUT2D eigenvalue weighted by atomic mass is 10.1. The van der Waals surface area contributed by atoms with Gasteiger partial charge in [-0.25, -0.2) is 4.79 Å². The van der Waals surface area contributed by atoms with E-state index in [-0.39, 0.29) is 9.80 Å². The number of halogens is 4. The fourth-order valence-electron chi connectivity index (χ4n) is 1.65. The minimum atomic E-state index is -4.93. The molecular weight excluding hydrogens is 389 g/mol. The van der Waals surface area contributed by atoms with Gasteiger partial charge in [0.2, 0.25) is 0 Å². The molecule has 1 aromatic carbocycles. The van der Waals surface area contributed by atoms with E-state index in [0.29, 0.717) is 6.07 Å². The molecule has 1 amide bonds. The summed E-state index contributed by atoms with van der Waals surface area (Å²) in [7, 11) is 0. The molecule has 2 rings (SSSR count). The van der Waals surface area contributed by atoms with Crippen molar-refractivity contribution in [2.75, 3.05) is 30.9 Å². The number of rotatable bonds is 1. The molecule has 0 unspecified atom stereocenters. The van der Waals surface area contributed by atoms with E-state index in [1.165, 1.54) is 20.8 Å². The van der Waals surface area contributed by atoms with Crippen molar-refractivity contribution in [1.29, 1.82) is 0 Å². The first kappa shape index (κ1) is 10.5. The van der Waals surface area contributed by atoms with Gasteiger partial charge in [0, 0.05) is 36.1 Å². The monoisotopic (exact) mass is 416 g/mol. The molecule has 0 bridgehead atoms. The zero-order valence-corrected chi connectivity index (χ0v) is 14.5. The Labute approximate surface area is 158 Å². The molecule has 134 valence electrons. The molecule has 4 nitrogen and oxygen atoms in total. The third-order valence-electron chi connectivity index (χ3n) is 2.64. The van der Waals surface area contributed by atoms with E-state index in [1.54, 1.807) is 0 Å². The van der Waals surface area contributed by atoms with E-state index in [1.807, 2.05) is 0 Å². The average molecular weight is 417 g/mol. The van der Waals surface area contributed by atoms with E-state index in [4.69, 9.17) is 15.7 Å². The summed E-state index contributed by atoms with van der Waals surface area (Å²) in [6.45, 7) is -10.1. The van der Waals surface area contributed by atoms with Gasteiger partial charge in [-0.05, 0) is 39.0 Å². The summed E-state index contributed by atoms with van der Waals surface area (Å²) in [5.41, 5.74) is -3.35. The minimum absolute atomic E-state index is 0.0669. The van der Waals surface area contributed by atoms with Gasteiger partial charge in [0.1, 0.15) is 5.60 Å². The van der Waals surface area contributed by atoms with Crippen molar-refractivity contribution in [1.82, 2.24) is 4.90 Å². The number of alkyl halides is 3. The molecule has 1 aliphatic heterocycles. The third-order valence-corrected chi connectivity index (χ3v) is 3.33. The highest BCUT2D eigenvalue weighted by atomic mass is 79.9. The van der Waals surface area contributed by atoms with Gasteiger partial charge in [0.25, 0.3) is 0 Å². The van der Waals surface area contributed by atoms with Crippen LogP contribution in [0, 0.1) is 0 Å². The van der Waals surface area contributed by atoms with Crippen LogP contribution in [0.1, 0.15) is 37.3 Å². The molecule has 0 saturated carbocycles. The fraction of sp³-hybridized carbons (Fsp3) is 0.562. The van der Waals surface area contributed by atoms with Crippen molar-refractivity contribution in [3.05, 3.63) is 28.2 Å². The Morgan fingerprint density at radius 3 is 2.29 bits per heavy atom. The summed E-state index contributed by atoms with van der Waals surface area (Å²) in [6.07, 6.45) is -6.60. The Hall–Kier alpha value is -1.44. The van der Waals surface area contributed by atoms with E-state index in [2.05, 4.69) is 15.9 Å². The number of carbonyl (C=O) groups excluding carboxylic acids is 1. The van der Waals surface area contributed by atoms with Crippen LogP contribution in [0.4, 0.5) is 23.7 Å². The Bertz CT molecular complexity index is 894. The lowest BCUT2D eigenvalue weighted by Gasteiger charge is -2.37. The van der Waals surface area contributed by atoms with Gasteiger partial charge in [-0.1, -0.05) is 15.9 Å². The maximum absolute atomic E-state index is 13.4. The molecule has 0 aliphatic carbocycles. The second-order valence-electron chi connectivity index (χ2n) is 5.76. The van der Waals surface area contributed by atoms with Crippen LogP contribution in [0.15, 0.2) is 22.7 Å². The first-order chi connectivity index (χ1) is 14.0. The second-order valence-corrected chi connectivity index (χ2v) is 6.61. The predicted octanol–water partition coefficient (Wildman–Crippen LogP) is 4.53. The number of hydrogen-bond acceptors (Lipinski definition) is 3. The van der Waals surface area contributed by atoms with E-state index in [0.717, 1.165) is 12.1 Å². The van der Waals surface area contributed by atoms with Crippen LogP contribution in [0.2, 0.25) is 0 Å². The van der Waals surface area contributed by atoms with Crippen molar-refractivity contribution in [2.24, 2.45) is 0 Å². The zero-order valence-electron chi connectivity index (χ0n) is 21.0. The zero-order chi connectivity index (χ0) is 25.3. The van der Waals surface area contributed by atoms with Crippen molar-refractivity contribution in [2.45, 2.75) is 32.5 Å². The number of nitrogens with zero attached hydrogens (tertiary/aromatic N) is 2. The molecular formula is C16H20BrF3N2O2. The van der Waals surface area contributed by atoms with Gasteiger partial charge >= 0.3 is 12.3 Å². The van der Waals surface area contributed by atoms with Crippen LogP contribution >= 0.6 is 15.9 Å². The number of amides is 1. The highest BCUT2D eigenvalue weighted by Gasteiger charge is 2.34. The standard InChI is InChI=1S/C16H20BrF3N2O2/c1-15(2,3)24-14(23)22-8-6-21(7-9-22)11-4-5-13(17)12(10-11)16(18,19)20/h4-5,10H,6-9H2,1-3H3/i6D2,7D2,8D2,9D2. The van der Waals surface area contributed by atoms with Crippen molar-refractivity contribution < 1.29 is 33.7 Å². The number of anilines is 1. The summed E-state index contributed by atoms with van der Waals surface area (Å²) in [5.74, 6) is 0. The summed E-state index contributed by atoms with van der Waals surface area (Å²) in [6, 6.07) is 2.11. The van der Waals surface area contributed by atoms with Gasteiger partial charge in [-0.15, -0.1) is 0 Å². The maximum atomic E-state index is 13.4. The molecule has 0 atom stereocenters. The fourth-order valence-corrected chi connectivity index (χ4v) is 2.12. The van der Waals surface area contributed by atoms with Crippen LogP contribution in [0.3, 0.4) is 0 Å². The number of piperazine rings is 1. The summed E-state index contributed by atoms with van der Waals surface area (Å²) >= 11 is 2.71. The van der Waals surface area contributed by atoms with E-state index < -0.39 is 59.6 Å². The largest absolute Gasteiger partial charge is 0.444 e. The normalized spacial score (nSPS) is 29.6. The number of benzene rings is 1.